The molecule has 1 spiro atoms. The maximum absolute atomic E-state index is 13.2. The average Bonchev–Trinajstić information content (AvgIpc) is 3.59. The lowest BCUT2D eigenvalue weighted by molar-refractivity contribution is 0.0748. The number of carbonyl (C=O) groups is 2. The van der Waals surface area contributed by atoms with Crippen molar-refractivity contribution in [2.24, 2.45) is 0 Å². The van der Waals surface area contributed by atoms with Crippen LogP contribution >= 0.6 is 11.3 Å². The van der Waals surface area contributed by atoms with Crippen molar-refractivity contribution in [1.29, 1.82) is 0 Å². The van der Waals surface area contributed by atoms with Crippen LogP contribution in [0, 0.1) is 0 Å². The molecule has 1 atom stereocenters. The Morgan fingerprint density at radius 2 is 1.94 bits per heavy atom. The quantitative estimate of drug-likeness (QED) is 0.584. The number of hydrogen-bond acceptors (Lipinski definition) is 5. The summed E-state index contributed by atoms with van der Waals surface area (Å²) >= 11 is 1.51. The normalized spacial score (nSPS) is 19.1. The fraction of sp³-hybridized carbons (Fsp3) is 0.360. The van der Waals surface area contributed by atoms with E-state index in [0.29, 0.717) is 44.1 Å². The molecule has 0 N–H and O–H groups in total. The predicted octanol–water partition coefficient (Wildman–Crippen LogP) is 3.15. The summed E-state index contributed by atoms with van der Waals surface area (Å²) in [6.45, 7) is 4.74. The first-order valence-corrected chi connectivity index (χ1v) is 12.2. The highest BCUT2D eigenvalue weighted by atomic mass is 32.1. The Bertz CT molecular complexity index is 1240. The van der Waals surface area contributed by atoms with E-state index in [1.54, 1.807) is 11.1 Å². The van der Waals surface area contributed by atoms with Crippen LogP contribution in [-0.4, -0.2) is 50.8 Å². The molecule has 2 aromatic heterocycles. The van der Waals surface area contributed by atoms with Crippen LogP contribution in [0.5, 0.6) is 0 Å². The van der Waals surface area contributed by atoms with E-state index in [0.717, 1.165) is 18.4 Å². The number of carbonyl (C=O) groups excluding carboxylic acids is 2. The highest BCUT2D eigenvalue weighted by molar-refractivity contribution is 7.08. The van der Waals surface area contributed by atoms with E-state index < -0.39 is 5.56 Å². The molecule has 0 aliphatic carbocycles. The summed E-state index contributed by atoms with van der Waals surface area (Å²) in [4.78, 5) is 47.0. The van der Waals surface area contributed by atoms with Crippen molar-refractivity contribution in [2.75, 3.05) is 19.6 Å². The maximum atomic E-state index is 13.2. The van der Waals surface area contributed by atoms with E-state index in [-0.39, 0.29) is 22.8 Å². The molecule has 0 bridgehead atoms. The van der Waals surface area contributed by atoms with Crippen molar-refractivity contribution in [1.82, 2.24) is 19.4 Å². The highest BCUT2D eigenvalue weighted by Gasteiger charge is 2.47. The second-order valence-corrected chi connectivity index (χ2v) is 9.58. The van der Waals surface area contributed by atoms with Crippen LogP contribution in [-0.2, 0) is 18.5 Å². The summed E-state index contributed by atoms with van der Waals surface area (Å²) in [5.41, 5.74) is 1.03. The first-order valence-electron chi connectivity index (χ1n) is 11.3. The molecule has 1 fully saturated rings. The number of rotatable bonds is 5. The van der Waals surface area contributed by atoms with Crippen molar-refractivity contribution in [3.05, 3.63) is 86.2 Å². The van der Waals surface area contributed by atoms with Crippen LogP contribution in [0.25, 0.3) is 0 Å². The first-order chi connectivity index (χ1) is 16.0. The molecule has 1 saturated heterocycles. The molecular weight excluding hydrogens is 436 g/mol. The number of nitrogens with zero attached hydrogens (tertiary/aromatic N) is 4. The number of benzene rings is 1. The second-order valence-electron chi connectivity index (χ2n) is 8.80. The van der Waals surface area contributed by atoms with Gasteiger partial charge in [-0.15, -0.1) is 0 Å². The largest absolute Gasteiger partial charge is 0.338 e. The van der Waals surface area contributed by atoms with Crippen molar-refractivity contribution < 1.29 is 9.59 Å². The Morgan fingerprint density at radius 3 is 2.67 bits per heavy atom. The summed E-state index contributed by atoms with van der Waals surface area (Å²) in [5, 5.41) is 3.77. The van der Waals surface area contributed by atoms with Crippen LogP contribution in [0.1, 0.15) is 51.9 Å². The van der Waals surface area contributed by atoms with Gasteiger partial charge in [0, 0.05) is 49.7 Å². The summed E-state index contributed by atoms with van der Waals surface area (Å²) in [6, 6.07) is 11.6. The molecule has 7 nitrogen and oxygen atoms in total. The lowest BCUT2D eigenvalue weighted by atomic mass is 9.85. The Morgan fingerprint density at radius 1 is 1.15 bits per heavy atom. The smallest absolute Gasteiger partial charge is 0.285 e. The van der Waals surface area contributed by atoms with Crippen LogP contribution in [0.3, 0.4) is 0 Å². The SMILES string of the molecule is CCN(Cc1ccccc1)C(=O)c1cn2c(nc1=O)[C@]1(CCN(C(=O)c3ccsc3)C1)CC2. The van der Waals surface area contributed by atoms with Gasteiger partial charge in [0.15, 0.2) is 0 Å². The zero-order chi connectivity index (χ0) is 23.0. The molecule has 33 heavy (non-hydrogen) atoms. The van der Waals surface area contributed by atoms with E-state index in [4.69, 9.17) is 0 Å². The molecule has 0 radical (unpaired) electrons. The van der Waals surface area contributed by atoms with Gasteiger partial charge in [0.2, 0.25) is 0 Å². The minimum atomic E-state index is -0.485. The number of aryl methyl sites for hydroxylation is 1. The van der Waals surface area contributed by atoms with Crippen LogP contribution in [0.15, 0.2) is 58.1 Å². The zero-order valence-electron chi connectivity index (χ0n) is 18.6. The zero-order valence-corrected chi connectivity index (χ0v) is 19.4. The van der Waals surface area contributed by atoms with E-state index in [1.807, 2.05) is 63.5 Å². The number of aromatic nitrogens is 2. The molecule has 2 aliphatic heterocycles. The minimum absolute atomic E-state index is 0.0280. The molecule has 4 heterocycles. The summed E-state index contributed by atoms with van der Waals surface area (Å²) in [6.07, 6.45) is 3.27. The van der Waals surface area contributed by atoms with Gasteiger partial charge in [0.05, 0.1) is 5.56 Å². The van der Waals surface area contributed by atoms with Crippen molar-refractivity contribution in [2.45, 2.75) is 38.3 Å². The Labute approximate surface area is 196 Å². The summed E-state index contributed by atoms with van der Waals surface area (Å²) < 4.78 is 1.95. The van der Waals surface area contributed by atoms with E-state index >= 15 is 0 Å². The molecule has 5 rings (SSSR count). The van der Waals surface area contributed by atoms with Gasteiger partial charge in [-0.3, -0.25) is 14.4 Å². The number of thiophene rings is 1. The van der Waals surface area contributed by atoms with Crippen LogP contribution in [0.4, 0.5) is 0 Å². The molecule has 2 amide bonds. The summed E-state index contributed by atoms with van der Waals surface area (Å²) in [5.74, 6) is 0.437. The first kappa shape index (κ1) is 21.6. The average molecular weight is 463 g/mol. The molecule has 0 saturated carbocycles. The van der Waals surface area contributed by atoms with E-state index in [1.165, 1.54) is 11.3 Å². The van der Waals surface area contributed by atoms with Gasteiger partial charge in [0.25, 0.3) is 17.4 Å². The molecular formula is C25H26N4O3S. The van der Waals surface area contributed by atoms with Gasteiger partial charge in [-0.25, -0.2) is 0 Å². The molecule has 1 aromatic carbocycles. The maximum Gasteiger partial charge on any atom is 0.285 e. The lowest BCUT2D eigenvalue weighted by Crippen LogP contribution is -2.37. The number of amides is 2. The molecule has 8 heteroatoms. The van der Waals surface area contributed by atoms with Crippen molar-refractivity contribution in [3.8, 4) is 0 Å². The number of hydrogen-bond donors (Lipinski definition) is 0. The van der Waals surface area contributed by atoms with Gasteiger partial charge in [-0.05, 0) is 36.8 Å². The molecule has 0 unspecified atom stereocenters. The third-order valence-electron chi connectivity index (χ3n) is 6.83. The highest BCUT2D eigenvalue weighted by Crippen LogP contribution is 2.41. The van der Waals surface area contributed by atoms with Gasteiger partial charge in [-0.1, -0.05) is 30.3 Å². The third-order valence-corrected chi connectivity index (χ3v) is 7.51. The van der Waals surface area contributed by atoms with E-state index in [2.05, 4.69) is 4.98 Å². The van der Waals surface area contributed by atoms with Crippen molar-refractivity contribution in [3.63, 3.8) is 0 Å². The Hall–Kier alpha value is -3.26. The minimum Gasteiger partial charge on any atom is -0.338 e. The third kappa shape index (κ3) is 3.88. The summed E-state index contributed by atoms with van der Waals surface area (Å²) in [7, 11) is 0. The molecule has 2 aliphatic rings. The van der Waals surface area contributed by atoms with Crippen LogP contribution in [0.2, 0.25) is 0 Å². The van der Waals surface area contributed by atoms with Gasteiger partial charge < -0.3 is 14.4 Å². The van der Waals surface area contributed by atoms with Crippen molar-refractivity contribution >= 4 is 23.2 Å². The predicted molar refractivity (Wildman–Crippen MR) is 126 cm³/mol. The van der Waals surface area contributed by atoms with Gasteiger partial charge >= 0.3 is 0 Å². The Balaban J connectivity index is 1.38. The van der Waals surface area contributed by atoms with E-state index in [9.17, 15) is 14.4 Å². The monoisotopic (exact) mass is 462 g/mol. The van der Waals surface area contributed by atoms with Gasteiger partial charge in [-0.2, -0.15) is 16.3 Å². The van der Waals surface area contributed by atoms with Crippen LogP contribution < -0.4 is 5.56 Å². The molecule has 3 aromatic rings. The second kappa shape index (κ2) is 8.59. The standard InChI is InChI=1S/C25H26N4O3S/c1-2-27(14-18-6-4-3-5-7-18)23(32)20-15-28-11-9-25(24(28)26-21(20)30)10-12-29(17-25)22(31)19-8-13-33-16-19/h3-8,13,15-16H,2,9-12,14,17H2,1H3/t25-/m0/s1. The fourth-order valence-electron chi connectivity index (χ4n) is 4.98. The lowest BCUT2D eigenvalue weighted by Gasteiger charge is -2.24. The topological polar surface area (TPSA) is 75.5 Å². The molecule has 170 valence electrons. The van der Waals surface area contributed by atoms with Gasteiger partial charge in [0.1, 0.15) is 11.4 Å². The number of fused-ring (bicyclic) bond motifs is 2. The number of likely N-dealkylation sites (tertiary alicyclic amines) is 1. The fourth-order valence-corrected chi connectivity index (χ4v) is 5.61. The Kier molecular flexibility index (Phi) is 5.62.